The van der Waals surface area contributed by atoms with Gasteiger partial charge < -0.3 is 21.7 Å². The van der Waals surface area contributed by atoms with Crippen LogP contribution in [0, 0.1) is 0 Å². The van der Waals surface area contributed by atoms with E-state index in [2.05, 4.69) is 4.99 Å². The van der Waals surface area contributed by atoms with Crippen molar-refractivity contribution in [3.05, 3.63) is 24.3 Å². The van der Waals surface area contributed by atoms with Gasteiger partial charge in [0.2, 0.25) is 10.0 Å². The molecule has 100 valence electrons. The lowest BCUT2D eigenvalue weighted by Gasteiger charge is -1.98. The van der Waals surface area contributed by atoms with E-state index < -0.39 is 16.2 Å². The minimum absolute atomic E-state index is 0.0204. The van der Waals surface area contributed by atoms with Crippen molar-refractivity contribution < 1.29 is 23.4 Å². The highest BCUT2D eigenvalue weighted by molar-refractivity contribution is 7.89. The summed E-state index contributed by atoms with van der Waals surface area (Å²) in [6, 6.07) is 5.58. The van der Waals surface area contributed by atoms with E-state index >= 15 is 0 Å². The molecule has 18 heavy (non-hydrogen) atoms. The monoisotopic (exact) mass is 276 g/mol. The molecular weight excluding hydrogens is 264 g/mol. The molecule has 0 heterocycles. The van der Waals surface area contributed by atoms with Gasteiger partial charge in [0.15, 0.2) is 5.96 Å². The van der Waals surface area contributed by atoms with Gasteiger partial charge in [-0.05, 0) is 24.3 Å². The molecule has 0 spiro atoms. The van der Waals surface area contributed by atoms with Crippen LogP contribution in [0.15, 0.2) is 34.2 Å². The first-order chi connectivity index (χ1) is 8.12. The first kappa shape index (κ1) is 15.7. The van der Waals surface area contributed by atoms with Crippen LogP contribution in [0.4, 0.5) is 10.5 Å². The predicted octanol–water partition coefficient (Wildman–Crippen LogP) is -0.539. The Morgan fingerprint density at radius 1 is 1.11 bits per heavy atom. The number of sulfonamides is 1. The molecule has 0 aliphatic rings. The Morgan fingerprint density at radius 2 is 1.50 bits per heavy atom. The Balaban J connectivity index is 0.000000631. The molecule has 8 N–H and O–H groups in total. The second-order valence-corrected chi connectivity index (χ2v) is 4.42. The highest BCUT2D eigenvalue weighted by Crippen LogP contribution is 2.14. The van der Waals surface area contributed by atoms with Crippen LogP contribution in [0.25, 0.3) is 0 Å². The molecule has 0 unspecified atom stereocenters. The second kappa shape index (κ2) is 6.42. The lowest BCUT2D eigenvalue weighted by Crippen LogP contribution is -2.21. The molecule has 0 amide bonds. The van der Waals surface area contributed by atoms with Crippen molar-refractivity contribution in [3.63, 3.8) is 0 Å². The van der Waals surface area contributed by atoms with Crippen molar-refractivity contribution in [2.45, 2.75) is 4.90 Å². The standard InChI is InChI=1S/C7H10N4O2S.CH2O3/c8-7(9)11-5-1-3-6(4-2-5)14(10,12)13;2-1(3)4/h1-4H,(H4,8,9,11)(H2,10,12,13);(H2,2,3,4). The molecule has 1 aromatic carbocycles. The van der Waals surface area contributed by atoms with Crippen LogP contribution in [0.3, 0.4) is 0 Å². The first-order valence-corrected chi connectivity index (χ1v) is 5.82. The van der Waals surface area contributed by atoms with Gasteiger partial charge in [0.05, 0.1) is 10.6 Å². The number of carbonyl (C=O) groups is 1. The number of rotatable bonds is 2. The normalized spacial score (nSPS) is 9.83. The average molecular weight is 276 g/mol. The summed E-state index contributed by atoms with van der Waals surface area (Å²) in [5, 5.41) is 18.8. The molecule has 0 aliphatic heterocycles. The average Bonchev–Trinajstić information content (AvgIpc) is 2.14. The molecule has 0 aliphatic carbocycles. The van der Waals surface area contributed by atoms with Gasteiger partial charge in [0, 0.05) is 0 Å². The van der Waals surface area contributed by atoms with Crippen molar-refractivity contribution >= 4 is 27.8 Å². The fraction of sp³-hybridized carbons (Fsp3) is 0. The summed E-state index contributed by atoms with van der Waals surface area (Å²) in [5.74, 6) is -0.0895. The fourth-order valence-electron chi connectivity index (χ4n) is 0.859. The Kier molecular flexibility index (Phi) is 5.59. The van der Waals surface area contributed by atoms with Crippen LogP contribution < -0.4 is 16.6 Å². The number of nitrogens with two attached hydrogens (primary N) is 3. The number of guanidine groups is 1. The molecular formula is C8H12N4O5S. The summed E-state index contributed by atoms with van der Waals surface area (Å²) >= 11 is 0. The molecule has 0 saturated carbocycles. The van der Waals surface area contributed by atoms with Crippen molar-refractivity contribution in [2.75, 3.05) is 0 Å². The smallest absolute Gasteiger partial charge is 0.450 e. The van der Waals surface area contributed by atoms with E-state index in [-0.39, 0.29) is 10.9 Å². The molecule has 0 saturated heterocycles. The molecule has 1 rings (SSSR count). The number of carboxylic acid groups (broad SMARTS) is 2. The predicted molar refractivity (Wildman–Crippen MR) is 63.9 cm³/mol. The SMILES string of the molecule is NC(N)=Nc1ccc(S(N)(=O)=O)cc1.O=C(O)O. The first-order valence-electron chi connectivity index (χ1n) is 4.27. The number of hydrogen-bond donors (Lipinski definition) is 5. The largest absolute Gasteiger partial charge is 0.503 e. The third-order valence-corrected chi connectivity index (χ3v) is 2.35. The maximum Gasteiger partial charge on any atom is 0.503 e. The van der Waals surface area contributed by atoms with E-state index in [1.54, 1.807) is 0 Å². The second-order valence-electron chi connectivity index (χ2n) is 2.86. The highest BCUT2D eigenvalue weighted by atomic mass is 32.2. The van der Waals surface area contributed by atoms with E-state index in [0.29, 0.717) is 5.69 Å². The van der Waals surface area contributed by atoms with E-state index in [1.165, 1.54) is 24.3 Å². The summed E-state index contributed by atoms with van der Waals surface area (Å²) in [5.41, 5.74) is 10.7. The maximum absolute atomic E-state index is 10.9. The summed E-state index contributed by atoms with van der Waals surface area (Å²) in [4.78, 5) is 12.3. The van der Waals surface area contributed by atoms with Gasteiger partial charge in [-0.2, -0.15) is 0 Å². The number of hydrogen-bond acceptors (Lipinski definition) is 4. The Hall–Kier alpha value is -2.33. The topological polar surface area (TPSA) is 182 Å². The van der Waals surface area contributed by atoms with Crippen molar-refractivity contribution in [2.24, 2.45) is 21.6 Å². The molecule has 0 aromatic heterocycles. The van der Waals surface area contributed by atoms with E-state index in [0.717, 1.165) is 0 Å². The summed E-state index contributed by atoms with van der Waals surface area (Å²) < 4.78 is 21.7. The molecule has 10 heteroatoms. The van der Waals surface area contributed by atoms with Crippen LogP contribution >= 0.6 is 0 Å². The van der Waals surface area contributed by atoms with Crippen molar-refractivity contribution in [3.8, 4) is 0 Å². The lowest BCUT2D eigenvalue weighted by molar-refractivity contribution is 0.137. The summed E-state index contributed by atoms with van der Waals surface area (Å²) in [6.07, 6.45) is -1.83. The van der Waals surface area contributed by atoms with Gasteiger partial charge in [-0.25, -0.2) is 23.3 Å². The molecule has 0 fully saturated rings. The molecule has 0 bridgehead atoms. The van der Waals surface area contributed by atoms with Gasteiger partial charge >= 0.3 is 6.16 Å². The third kappa shape index (κ3) is 7.03. The molecule has 9 nitrogen and oxygen atoms in total. The van der Waals surface area contributed by atoms with Crippen LogP contribution in [0.1, 0.15) is 0 Å². The summed E-state index contributed by atoms with van der Waals surface area (Å²) in [7, 11) is -3.66. The maximum atomic E-state index is 10.9. The number of primary sulfonamides is 1. The number of benzene rings is 1. The zero-order chi connectivity index (χ0) is 14.3. The van der Waals surface area contributed by atoms with Gasteiger partial charge in [0.1, 0.15) is 0 Å². The quantitative estimate of drug-likeness (QED) is 0.355. The van der Waals surface area contributed by atoms with Gasteiger partial charge in [0.25, 0.3) is 0 Å². The van der Waals surface area contributed by atoms with E-state index in [9.17, 15) is 8.42 Å². The zero-order valence-corrected chi connectivity index (χ0v) is 9.83. The highest BCUT2D eigenvalue weighted by Gasteiger charge is 2.05. The summed E-state index contributed by atoms with van der Waals surface area (Å²) in [6.45, 7) is 0. The van der Waals surface area contributed by atoms with Crippen LogP contribution in [0.2, 0.25) is 0 Å². The molecule has 0 atom stereocenters. The van der Waals surface area contributed by atoms with Gasteiger partial charge in [-0.3, -0.25) is 0 Å². The van der Waals surface area contributed by atoms with E-state index in [4.69, 9.17) is 31.6 Å². The Labute approximate surface area is 103 Å². The number of nitrogens with zero attached hydrogens (tertiary/aromatic N) is 1. The number of aliphatic imine (C=N–C) groups is 1. The van der Waals surface area contributed by atoms with Gasteiger partial charge in [-0.15, -0.1) is 0 Å². The van der Waals surface area contributed by atoms with Crippen LogP contribution in [0.5, 0.6) is 0 Å². The Bertz CT molecular complexity index is 529. The zero-order valence-electron chi connectivity index (χ0n) is 9.02. The fourth-order valence-corrected chi connectivity index (χ4v) is 1.37. The lowest BCUT2D eigenvalue weighted by atomic mass is 10.3. The minimum Gasteiger partial charge on any atom is -0.450 e. The third-order valence-electron chi connectivity index (χ3n) is 1.42. The van der Waals surface area contributed by atoms with Crippen LogP contribution in [-0.4, -0.2) is 30.7 Å². The molecule has 0 radical (unpaired) electrons. The van der Waals surface area contributed by atoms with E-state index in [1.807, 2.05) is 0 Å². The van der Waals surface area contributed by atoms with Crippen molar-refractivity contribution in [1.82, 2.24) is 0 Å². The van der Waals surface area contributed by atoms with Gasteiger partial charge in [-0.1, -0.05) is 0 Å². The van der Waals surface area contributed by atoms with Crippen molar-refractivity contribution in [1.29, 1.82) is 0 Å². The van der Waals surface area contributed by atoms with Crippen LogP contribution in [-0.2, 0) is 10.0 Å². The molecule has 1 aromatic rings. The Morgan fingerprint density at radius 3 is 1.78 bits per heavy atom. The minimum atomic E-state index is -3.66.